The maximum Gasteiger partial charge on any atom is 0.306 e. The SMILES string of the molecule is O=C(Nc1ccccc1F)c1ccnc(N2CCC(C(=O)O)CC2)c1. The molecule has 1 amide bonds. The van der Waals surface area contributed by atoms with Gasteiger partial charge in [0.05, 0.1) is 11.6 Å². The molecular formula is C18H18FN3O3. The zero-order valence-corrected chi connectivity index (χ0v) is 13.5. The number of aromatic nitrogens is 1. The first-order chi connectivity index (χ1) is 12.0. The summed E-state index contributed by atoms with van der Waals surface area (Å²) in [6.45, 7) is 1.14. The van der Waals surface area contributed by atoms with Gasteiger partial charge in [0, 0.05) is 24.8 Å². The van der Waals surface area contributed by atoms with Crippen molar-refractivity contribution in [1.29, 1.82) is 0 Å². The molecule has 0 bridgehead atoms. The van der Waals surface area contributed by atoms with Crippen molar-refractivity contribution in [2.75, 3.05) is 23.3 Å². The average Bonchev–Trinajstić information content (AvgIpc) is 2.64. The van der Waals surface area contributed by atoms with E-state index in [4.69, 9.17) is 5.11 Å². The van der Waals surface area contributed by atoms with E-state index in [9.17, 15) is 14.0 Å². The Labute approximate surface area is 144 Å². The molecule has 1 aliphatic heterocycles. The van der Waals surface area contributed by atoms with E-state index >= 15 is 0 Å². The number of carboxylic acids is 1. The van der Waals surface area contributed by atoms with Crippen LogP contribution in [0.15, 0.2) is 42.6 Å². The van der Waals surface area contributed by atoms with Crippen LogP contribution in [0.3, 0.4) is 0 Å². The summed E-state index contributed by atoms with van der Waals surface area (Å²) in [5.41, 5.74) is 0.488. The molecule has 1 aromatic heterocycles. The van der Waals surface area contributed by atoms with E-state index < -0.39 is 17.7 Å². The molecule has 0 spiro atoms. The fourth-order valence-electron chi connectivity index (χ4n) is 2.85. The zero-order chi connectivity index (χ0) is 17.8. The largest absolute Gasteiger partial charge is 0.481 e. The van der Waals surface area contributed by atoms with Crippen molar-refractivity contribution in [2.24, 2.45) is 5.92 Å². The van der Waals surface area contributed by atoms with Gasteiger partial charge in [-0.15, -0.1) is 0 Å². The van der Waals surface area contributed by atoms with Crippen LogP contribution in [0.25, 0.3) is 0 Å². The lowest BCUT2D eigenvalue weighted by molar-refractivity contribution is -0.142. The van der Waals surface area contributed by atoms with Gasteiger partial charge in [0.15, 0.2) is 0 Å². The predicted octanol–water partition coefficient (Wildman–Crippen LogP) is 2.77. The van der Waals surface area contributed by atoms with Crippen LogP contribution in [0.4, 0.5) is 15.9 Å². The van der Waals surface area contributed by atoms with E-state index in [2.05, 4.69) is 10.3 Å². The van der Waals surface area contributed by atoms with Gasteiger partial charge in [0.1, 0.15) is 11.6 Å². The molecule has 0 atom stereocenters. The molecule has 2 N–H and O–H groups in total. The van der Waals surface area contributed by atoms with Crippen molar-refractivity contribution in [3.63, 3.8) is 0 Å². The minimum absolute atomic E-state index is 0.119. The molecule has 2 aromatic rings. The maximum absolute atomic E-state index is 13.7. The number of benzene rings is 1. The first kappa shape index (κ1) is 16.9. The quantitative estimate of drug-likeness (QED) is 0.892. The van der Waals surface area contributed by atoms with Crippen molar-refractivity contribution < 1.29 is 19.1 Å². The molecular weight excluding hydrogens is 325 g/mol. The Kier molecular flexibility index (Phi) is 4.92. The van der Waals surface area contributed by atoms with E-state index in [1.54, 1.807) is 24.3 Å². The van der Waals surface area contributed by atoms with E-state index in [0.717, 1.165) is 0 Å². The molecule has 25 heavy (non-hydrogen) atoms. The highest BCUT2D eigenvalue weighted by Crippen LogP contribution is 2.23. The topological polar surface area (TPSA) is 82.5 Å². The van der Waals surface area contributed by atoms with Gasteiger partial charge in [0.2, 0.25) is 0 Å². The Hall–Kier alpha value is -2.96. The van der Waals surface area contributed by atoms with E-state index in [1.165, 1.54) is 18.3 Å². The lowest BCUT2D eigenvalue weighted by Gasteiger charge is -2.31. The molecule has 0 radical (unpaired) electrons. The average molecular weight is 343 g/mol. The van der Waals surface area contributed by atoms with Gasteiger partial charge in [-0.2, -0.15) is 0 Å². The summed E-state index contributed by atoms with van der Waals surface area (Å²) in [6, 6.07) is 9.16. The minimum atomic E-state index is -0.773. The smallest absolute Gasteiger partial charge is 0.306 e. The number of nitrogens with one attached hydrogen (secondary N) is 1. The number of anilines is 2. The van der Waals surface area contributed by atoms with Crippen LogP contribution in [0.1, 0.15) is 23.2 Å². The third kappa shape index (κ3) is 3.93. The number of carboxylic acid groups (broad SMARTS) is 1. The summed E-state index contributed by atoms with van der Waals surface area (Å²) in [5.74, 6) is -1.41. The minimum Gasteiger partial charge on any atom is -0.481 e. The number of nitrogens with zero attached hydrogens (tertiary/aromatic N) is 2. The lowest BCUT2D eigenvalue weighted by atomic mass is 9.97. The molecule has 1 fully saturated rings. The predicted molar refractivity (Wildman–Crippen MR) is 91.2 cm³/mol. The van der Waals surface area contributed by atoms with Gasteiger partial charge >= 0.3 is 5.97 Å². The van der Waals surface area contributed by atoms with Crippen molar-refractivity contribution in [2.45, 2.75) is 12.8 Å². The second kappa shape index (κ2) is 7.29. The fraction of sp³-hybridized carbons (Fsp3) is 0.278. The van der Waals surface area contributed by atoms with Crippen molar-refractivity contribution in [3.05, 3.63) is 54.0 Å². The number of carbonyl (C=O) groups excluding carboxylic acids is 1. The number of piperidine rings is 1. The number of para-hydroxylation sites is 1. The second-order valence-electron chi connectivity index (χ2n) is 5.94. The molecule has 1 aromatic carbocycles. The number of aliphatic carboxylic acids is 1. The normalized spacial score (nSPS) is 15.0. The molecule has 6 nitrogen and oxygen atoms in total. The summed E-state index contributed by atoms with van der Waals surface area (Å²) in [5, 5.41) is 11.6. The summed E-state index contributed by atoms with van der Waals surface area (Å²) in [7, 11) is 0. The highest BCUT2D eigenvalue weighted by molar-refractivity contribution is 6.04. The Balaban J connectivity index is 1.70. The van der Waals surface area contributed by atoms with Crippen molar-refractivity contribution >= 4 is 23.4 Å². The summed E-state index contributed by atoms with van der Waals surface area (Å²) < 4.78 is 13.7. The first-order valence-corrected chi connectivity index (χ1v) is 8.04. The van der Waals surface area contributed by atoms with Crippen molar-refractivity contribution in [3.8, 4) is 0 Å². The number of hydrogen-bond donors (Lipinski definition) is 2. The van der Waals surface area contributed by atoms with Gasteiger partial charge in [0.25, 0.3) is 5.91 Å². The molecule has 0 aliphatic carbocycles. The summed E-state index contributed by atoms with van der Waals surface area (Å²) in [4.78, 5) is 29.6. The number of pyridine rings is 1. The van der Waals surface area contributed by atoms with Crippen LogP contribution < -0.4 is 10.2 Å². The van der Waals surface area contributed by atoms with Crippen LogP contribution in [0, 0.1) is 11.7 Å². The first-order valence-electron chi connectivity index (χ1n) is 8.04. The number of halogens is 1. The third-order valence-electron chi connectivity index (χ3n) is 4.30. The molecule has 1 aliphatic rings. The summed E-state index contributed by atoms with van der Waals surface area (Å²) >= 11 is 0. The van der Waals surface area contributed by atoms with Gasteiger partial charge in [-0.25, -0.2) is 9.37 Å². The third-order valence-corrected chi connectivity index (χ3v) is 4.30. The highest BCUT2D eigenvalue weighted by Gasteiger charge is 2.25. The zero-order valence-electron chi connectivity index (χ0n) is 13.5. The molecule has 1 saturated heterocycles. The Bertz CT molecular complexity index is 789. The molecule has 0 unspecified atom stereocenters. The summed E-state index contributed by atoms with van der Waals surface area (Å²) in [6.07, 6.45) is 2.61. The van der Waals surface area contributed by atoms with Crippen LogP contribution >= 0.6 is 0 Å². The monoisotopic (exact) mass is 343 g/mol. The van der Waals surface area contributed by atoms with Gasteiger partial charge in [-0.1, -0.05) is 12.1 Å². The number of hydrogen-bond acceptors (Lipinski definition) is 4. The van der Waals surface area contributed by atoms with E-state index in [1.807, 2.05) is 4.90 Å². The molecule has 7 heteroatoms. The Morgan fingerprint density at radius 2 is 1.92 bits per heavy atom. The number of amides is 1. The highest BCUT2D eigenvalue weighted by atomic mass is 19.1. The number of rotatable bonds is 4. The van der Waals surface area contributed by atoms with E-state index in [0.29, 0.717) is 37.3 Å². The molecule has 130 valence electrons. The van der Waals surface area contributed by atoms with Gasteiger partial charge < -0.3 is 15.3 Å². The van der Waals surface area contributed by atoms with Gasteiger partial charge in [-0.3, -0.25) is 9.59 Å². The van der Waals surface area contributed by atoms with E-state index in [-0.39, 0.29) is 11.6 Å². The lowest BCUT2D eigenvalue weighted by Crippen LogP contribution is -2.36. The van der Waals surface area contributed by atoms with Crippen LogP contribution in [0.5, 0.6) is 0 Å². The standard InChI is InChI=1S/C18H18FN3O3/c19-14-3-1-2-4-15(14)21-17(23)13-5-8-20-16(11-13)22-9-6-12(7-10-22)18(24)25/h1-5,8,11-12H,6-7,9-10H2,(H,21,23)(H,24,25). The second-order valence-corrected chi connectivity index (χ2v) is 5.94. The van der Waals surface area contributed by atoms with Crippen LogP contribution in [0.2, 0.25) is 0 Å². The fourth-order valence-corrected chi connectivity index (χ4v) is 2.85. The van der Waals surface area contributed by atoms with Gasteiger partial charge in [-0.05, 0) is 37.1 Å². The Morgan fingerprint density at radius 1 is 1.20 bits per heavy atom. The van der Waals surface area contributed by atoms with Crippen molar-refractivity contribution in [1.82, 2.24) is 4.98 Å². The molecule has 2 heterocycles. The van der Waals surface area contributed by atoms with Crippen LogP contribution in [-0.4, -0.2) is 35.1 Å². The Morgan fingerprint density at radius 3 is 2.60 bits per heavy atom. The van der Waals surface area contributed by atoms with Crippen LogP contribution in [-0.2, 0) is 4.79 Å². The maximum atomic E-state index is 13.7. The molecule has 0 saturated carbocycles. The molecule has 3 rings (SSSR count). The number of carbonyl (C=O) groups is 2.